The van der Waals surface area contributed by atoms with Crippen molar-refractivity contribution < 1.29 is 0 Å². The van der Waals surface area contributed by atoms with Crippen LogP contribution >= 0.6 is 15.9 Å². The summed E-state index contributed by atoms with van der Waals surface area (Å²) in [7, 11) is 0. The zero-order valence-corrected chi connectivity index (χ0v) is 11.7. The molecule has 17 heavy (non-hydrogen) atoms. The first-order valence-corrected chi connectivity index (χ1v) is 6.86. The molecule has 1 aromatic rings. The monoisotopic (exact) mass is 292 g/mol. The molecule has 2 nitrogen and oxygen atoms in total. The molecule has 0 atom stereocenters. The molecule has 0 unspecified atom stereocenters. The Morgan fingerprint density at radius 2 is 2.12 bits per heavy atom. The fourth-order valence-electron chi connectivity index (χ4n) is 2.50. The van der Waals surface area contributed by atoms with E-state index >= 15 is 0 Å². The molecular weight excluding hydrogens is 276 g/mol. The van der Waals surface area contributed by atoms with E-state index in [1.807, 2.05) is 18.2 Å². The molecule has 3 heteroatoms. The summed E-state index contributed by atoms with van der Waals surface area (Å²) in [5.74, 6) is 0. The molecule has 90 valence electrons. The van der Waals surface area contributed by atoms with Gasteiger partial charge in [-0.2, -0.15) is 5.26 Å². The summed E-state index contributed by atoms with van der Waals surface area (Å²) in [6.07, 6.45) is 5.25. The van der Waals surface area contributed by atoms with Gasteiger partial charge < -0.3 is 5.32 Å². The van der Waals surface area contributed by atoms with Crippen LogP contribution in [0, 0.1) is 16.7 Å². The highest BCUT2D eigenvalue weighted by atomic mass is 79.9. The third-order valence-corrected chi connectivity index (χ3v) is 4.30. The summed E-state index contributed by atoms with van der Waals surface area (Å²) >= 11 is 3.41. The molecule has 1 aliphatic carbocycles. The number of hydrogen-bond acceptors (Lipinski definition) is 2. The average molecular weight is 293 g/mol. The zero-order chi connectivity index (χ0) is 12.3. The van der Waals surface area contributed by atoms with Crippen LogP contribution in [-0.2, 0) is 0 Å². The third kappa shape index (κ3) is 2.81. The molecule has 0 radical (unpaired) electrons. The highest BCUT2D eigenvalue weighted by Gasteiger charge is 2.28. The fourth-order valence-corrected chi connectivity index (χ4v) is 2.95. The van der Waals surface area contributed by atoms with Crippen LogP contribution in [0.2, 0.25) is 0 Å². The zero-order valence-electron chi connectivity index (χ0n) is 10.1. The molecule has 0 amide bonds. The van der Waals surface area contributed by atoms with Crippen molar-refractivity contribution in [2.75, 3.05) is 11.9 Å². The number of hydrogen-bond donors (Lipinski definition) is 1. The molecule has 0 spiro atoms. The standard InChI is InChI=1S/C14H17BrN2/c1-14(7-2-3-8-14)10-17-13-6-4-5-12(15)11(13)9-16/h4-6,17H,2-3,7-8,10H2,1H3. The molecule has 1 fully saturated rings. The van der Waals surface area contributed by atoms with Gasteiger partial charge in [0.15, 0.2) is 0 Å². The maximum atomic E-state index is 9.14. The molecule has 1 aliphatic rings. The topological polar surface area (TPSA) is 35.8 Å². The minimum absolute atomic E-state index is 0.398. The number of nitrogens with one attached hydrogen (secondary N) is 1. The Hall–Kier alpha value is -1.01. The maximum absolute atomic E-state index is 9.14. The first kappa shape index (κ1) is 12.4. The summed E-state index contributed by atoms with van der Waals surface area (Å²) in [5.41, 5.74) is 2.04. The van der Waals surface area contributed by atoms with Gasteiger partial charge in [-0.05, 0) is 46.3 Å². The number of halogens is 1. The van der Waals surface area contributed by atoms with Crippen LogP contribution in [0.15, 0.2) is 22.7 Å². The fraction of sp³-hybridized carbons (Fsp3) is 0.500. The van der Waals surface area contributed by atoms with Gasteiger partial charge in [0, 0.05) is 11.0 Å². The minimum Gasteiger partial charge on any atom is -0.383 e. The van der Waals surface area contributed by atoms with Crippen molar-refractivity contribution in [1.82, 2.24) is 0 Å². The SMILES string of the molecule is CC1(CNc2cccc(Br)c2C#N)CCCC1. The molecular formula is C14H17BrN2. The molecule has 0 saturated heterocycles. The van der Waals surface area contributed by atoms with Gasteiger partial charge in [0.05, 0.1) is 11.3 Å². The summed E-state index contributed by atoms with van der Waals surface area (Å²) in [6.45, 7) is 3.29. The van der Waals surface area contributed by atoms with Crippen LogP contribution in [0.4, 0.5) is 5.69 Å². The smallest absolute Gasteiger partial charge is 0.103 e. The number of nitrogens with zero attached hydrogens (tertiary/aromatic N) is 1. The van der Waals surface area contributed by atoms with Crippen molar-refractivity contribution in [3.05, 3.63) is 28.2 Å². The van der Waals surface area contributed by atoms with Crippen molar-refractivity contribution in [3.63, 3.8) is 0 Å². The Morgan fingerprint density at radius 1 is 1.41 bits per heavy atom. The lowest BCUT2D eigenvalue weighted by atomic mass is 9.89. The average Bonchev–Trinajstić information content (AvgIpc) is 2.74. The van der Waals surface area contributed by atoms with Crippen molar-refractivity contribution in [2.24, 2.45) is 5.41 Å². The first-order valence-electron chi connectivity index (χ1n) is 6.07. The van der Waals surface area contributed by atoms with Crippen molar-refractivity contribution in [1.29, 1.82) is 5.26 Å². The second kappa shape index (κ2) is 5.10. The predicted octanol–water partition coefficient (Wildman–Crippen LogP) is 4.31. The molecule has 0 heterocycles. The number of rotatable bonds is 3. The van der Waals surface area contributed by atoms with E-state index in [-0.39, 0.29) is 0 Å². The van der Waals surface area contributed by atoms with Gasteiger partial charge >= 0.3 is 0 Å². The molecule has 1 aromatic carbocycles. The molecule has 2 rings (SSSR count). The number of nitriles is 1. The Balaban J connectivity index is 2.09. The van der Waals surface area contributed by atoms with Gasteiger partial charge in [0.25, 0.3) is 0 Å². The molecule has 1 saturated carbocycles. The van der Waals surface area contributed by atoms with E-state index in [1.54, 1.807) is 0 Å². The lowest BCUT2D eigenvalue weighted by molar-refractivity contribution is 0.362. The van der Waals surface area contributed by atoms with Gasteiger partial charge in [0.2, 0.25) is 0 Å². The third-order valence-electron chi connectivity index (χ3n) is 3.64. The highest BCUT2D eigenvalue weighted by molar-refractivity contribution is 9.10. The van der Waals surface area contributed by atoms with Crippen LogP contribution < -0.4 is 5.32 Å². The summed E-state index contributed by atoms with van der Waals surface area (Å²) in [4.78, 5) is 0. The van der Waals surface area contributed by atoms with E-state index in [0.717, 1.165) is 16.7 Å². The summed E-state index contributed by atoms with van der Waals surface area (Å²) in [6, 6.07) is 8.08. The Kier molecular flexibility index (Phi) is 3.73. The highest BCUT2D eigenvalue weighted by Crippen LogP contribution is 2.37. The Bertz CT molecular complexity index is 442. The van der Waals surface area contributed by atoms with Crippen molar-refractivity contribution in [3.8, 4) is 6.07 Å². The molecule has 0 aliphatic heterocycles. The van der Waals surface area contributed by atoms with Crippen LogP contribution in [0.25, 0.3) is 0 Å². The summed E-state index contributed by atoms with van der Waals surface area (Å²) < 4.78 is 0.863. The van der Waals surface area contributed by atoms with Gasteiger partial charge in [-0.15, -0.1) is 0 Å². The van der Waals surface area contributed by atoms with Crippen LogP contribution in [0.5, 0.6) is 0 Å². The largest absolute Gasteiger partial charge is 0.383 e. The lowest BCUT2D eigenvalue weighted by Crippen LogP contribution is -2.23. The van der Waals surface area contributed by atoms with E-state index in [0.29, 0.717) is 11.0 Å². The van der Waals surface area contributed by atoms with Gasteiger partial charge in [0.1, 0.15) is 6.07 Å². The predicted molar refractivity (Wildman–Crippen MR) is 73.9 cm³/mol. The second-order valence-electron chi connectivity index (χ2n) is 5.15. The van der Waals surface area contributed by atoms with Crippen LogP contribution in [-0.4, -0.2) is 6.54 Å². The Morgan fingerprint density at radius 3 is 2.76 bits per heavy atom. The van der Waals surface area contributed by atoms with Crippen molar-refractivity contribution in [2.45, 2.75) is 32.6 Å². The molecule has 0 bridgehead atoms. The first-order chi connectivity index (χ1) is 8.14. The molecule has 1 N–H and O–H groups in total. The minimum atomic E-state index is 0.398. The van der Waals surface area contributed by atoms with Gasteiger partial charge in [-0.3, -0.25) is 0 Å². The van der Waals surface area contributed by atoms with E-state index < -0.39 is 0 Å². The quantitative estimate of drug-likeness (QED) is 0.901. The van der Waals surface area contributed by atoms with Gasteiger partial charge in [-0.1, -0.05) is 25.8 Å². The lowest BCUT2D eigenvalue weighted by Gasteiger charge is -2.24. The second-order valence-corrected chi connectivity index (χ2v) is 6.00. The van der Waals surface area contributed by atoms with Crippen LogP contribution in [0.1, 0.15) is 38.2 Å². The number of anilines is 1. The molecule has 0 aromatic heterocycles. The van der Waals surface area contributed by atoms with Crippen molar-refractivity contribution >= 4 is 21.6 Å². The maximum Gasteiger partial charge on any atom is 0.103 e. The Labute approximate surface area is 111 Å². The van der Waals surface area contributed by atoms with Gasteiger partial charge in [-0.25, -0.2) is 0 Å². The van der Waals surface area contributed by atoms with E-state index in [2.05, 4.69) is 34.2 Å². The van der Waals surface area contributed by atoms with Crippen LogP contribution in [0.3, 0.4) is 0 Å². The van der Waals surface area contributed by atoms with E-state index in [1.165, 1.54) is 25.7 Å². The van der Waals surface area contributed by atoms with E-state index in [4.69, 9.17) is 5.26 Å². The normalized spacial score (nSPS) is 17.7. The summed E-state index contributed by atoms with van der Waals surface area (Å²) in [5, 5.41) is 12.6. The number of benzene rings is 1. The van der Waals surface area contributed by atoms with E-state index in [9.17, 15) is 0 Å².